The summed E-state index contributed by atoms with van der Waals surface area (Å²) in [6.07, 6.45) is 2.62. The van der Waals surface area contributed by atoms with Crippen LogP contribution in [0.1, 0.15) is 11.1 Å². The molecule has 0 aliphatic rings. The van der Waals surface area contributed by atoms with Crippen molar-refractivity contribution in [1.29, 1.82) is 0 Å². The molecule has 0 fully saturated rings. The highest BCUT2D eigenvalue weighted by Gasteiger charge is 2.14. The molecule has 4 aromatic rings. The molecule has 0 bridgehead atoms. The standard InChI is InChI=1S/C19H16N6O3/c1-12-16(3-2-4-17(12)20)18-22-19(28-23-18)14-7-5-13(6-8-14)10-24-11-15(9-21-24)25(26)27/h2-9,11H,10,20H2,1H3. The summed E-state index contributed by atoms with van der Waals surface area (Å²) in [4.78, 5) is 14.7. The van der Waals surface area contributed by atoms with Gasteiger partial charge in [-0.1, -0.05) is 29.4 Å². The lowest BCUT2D eigenvalue weighted by Crippen LogP contribution is -1.99. The van der Waals surface area contributed by atoms with E-state index in [1.165, 1.54) is 17.1 Å². The van der Waals surface area contributed by atoms with Gasteiger partial charge in [-0.25, -0.2) is 0 Å². The van der Waals surface area contributed by atoms with Gasteiger partial charge in [0, 0.05) is 16.8 Å². The van der Waals surface area contributed by atoms with E-state index in [2.05, 4.69) is 15.2 Å². The first-order valence-corrected chi connectivity index (χ1v) is 8.46. The maximum Gasteiger partial charge on any atom is 0.307 e. The molecule has 0 aliphatic carbocycles. The summed E-state index contributed by atoms with van der Waals surface area (Å²) < 4.78 is 6.91. The fraction of sp³-hybridized carbons (Fsp3) is 0.105. The van der Waals surface area contributed by atoms with Gasteiger partial charge < -0.3 is 10.3 Å². The third kappa shape index (κ3) is 3.32. The lowest BCUT2D eigenvalue weighted by molar-refractivity contribution is -0.385. The Morgan fingerprint density at radius 1 is 1.21 bits per heavy atom. The number of nitrogens with zero attached hydrogens (tertiary/aromatic N) is 5. The largest absolute Gasteiger partial charge is 0.398 e. The molecular formula is C19H16N6O3. The highest BCUT2D eigenvalue weighted by atomic mass is 16.6. The van der Waals surface area contributed by atoms with Gasteiger partial charge in [-0.05, 0) is 36.2 Å². The molecule has 0 amide bonds. The van der Waals surface area contributed by atoms with E-state index in [4.69, 9.17) is 10.3 Å². The van der Waals surface area contributed by atoms with Gasteiger partial charge in [-0.15, -0.1) is 0 Å². The van der Waals surface area contributed by atoms with Gasteiger partial charge in [0.25, 0.3) is 5.89 Å². The third-order valence-corrected chi connectivity index (χ3v) is 4.42. The first kappa shape index (κ1) is 17.4. The van der Waals surface area contributed by atoms with E-state index in [0.717, 1.165) is 22.3 Å². The minimum absolute atomic E-state index is 0.0353. The van der Waals surface area contributed by atoms with Gasteiger partial charge in [0.05, 0.1) is 11.5 Å². The Morgan fingerprint density at radius 3 is 2.71 bits per heavy atom. The first-order valence-electron chi connectivity index (χ1n) is 8.46. The Bertz CT molecular complexity index is 1150. The van der Waals surface area contributed by atoms with E-state index in [1.807, 2.05) is 49.4 Å². The summed E-state index contributed by atoms with van der Waals surface area (Å²) in [6, 6.07) is 13.1. The number of rotatable bonds is 5. The van der Waals surface area contributed by atoms with Gasteiger partial charge in [-0.3, -0.25) is 14.8 Å². The first-order chi connectivity index (χ1) is 13.5. The summed E-state index contributed by atoms with van der Waals surface area (Å²) in [5, 5.41) is 18.8. The zero-order valence-corrected chi connectivity index (χ0v) is 14.9. The number of nitrogen functional groups attached to an aromatic ring is 1. The average Bonchev–Trinajstić information content (AvgIpc) is 3.35. The molecule has 9 heteroatoms. The highest BCUT2D eigenvalue weighted by Crippen LogP contribution is 2.27. The maximum atomic E-state index is 10.7. The van der Waals surface area contributed by atoms with E-state index < -0.39 is 4.92 Å². The van der Waals surface area contributed by atoms with Crippen LogP contribution in [0.2, 0.25) is 0 Å². The van der Waals surface area contributed by atoms with Gasteiger partial charge in [0.2, 0.25) is 5.82 Å². The van der Waals surface area contributed by atoms with E-state index in [9.17, 15) is 10.1 Å². The number of benzene rings is 2. The van der Waals surface area contributed by atoms with Crippen molar-refractivity contribution in [2.75, 3.05) is 5.73 Å². The van der Waals surface area contributed by atoms with E-state index in [-0.39, 0.29) is 5.69 Å². The van der Waals surface area contributed by atoms with Crippen molar-refractivity contribution in [1.82, 2.24) is 19.9 Å². The van der Waals surface area contributed by atoms with Crippen molar-refractivity contribution in [3.05, 3.63) is 76.1 Å². The molecule has 0 aliphatic heterocycles. The Balaban J connectivity index is 1.53. The van der Waals surface area contributed by atoms with Gasteiger partial charge in [-0.2, -0.15) is 10.1 Å². The number of anilines is 1. The number of hydrogen-bond donors (Lipinski definition) is 1. The molecule has 0 spiro atoms. The van der Waals surface area contributed by atoms with Crippen LogP contribution in [0.5, 0.6) is 0 Å². The molecule has 0 saturated heterocycles. The maximum absolute atomic E-state index is 10.7. The summed E-state index contributed by atoms with van der Waals surface area (Å²) in [7, 11) is 0. The van der Waals surface area contributed by atoms with Crippen molar-refractivity contribution < 1.29 is 9.45 Å². The Labute approximate surface area is 159 Å². The normalized spacial score (nSPS) is 10.9. The van der Waals surface area contributed by atoms with E-state index >= 15 is 0 Å². The summed E-state index contributed by atoms with van der Waals surface area (Å²) >= 11 is 0. The van der Waals surface area contributed by atoms with Crippen molar-refractivity contribution in [3.63, 3.8) is 0 Å². The van der Waals surface area contributed by atoms with E-state index in [0.29, 0.717) is 23.9 Å². The number of nitrogens with two attached hydrogens (primary N) is 1. The second kappa shape index (κ2) is 6.95. The van der Waals surface area contributed by atoms with Gasteiger partial charge in [0.15, 0.2) is 0 Å². The summed E-state index contributed by atoms with van der Waals surface area (Å²) in [5.41, 5.74) is 10.0. The fourth-order valence-corrected chi connectivity index (χ4v) is 2.82. The predicted octanol–water partition coefficient (Wildman–Crippen LogP) is 3.45. The SMILES string of the molecule is Cc1c(N)cccc1-c1noc(-c2ccc(Cn3cc([N+](=O)[O-])cn3)cc2)n1. The number of aromatic nitrogens is 4. The number of nitro groups is 1. The average molecular weight is 376 g/mol. The van der Waals surface area contributed by atoms with Crippen LogP contribution in [0, 0.1) is 17.0 Å². The Morgan fingerprint density at radius 2 is 2.00 bits per heavy atom. The number of hydrogen-bond acceptors (Lipinski definition) is 7. The minimum atomic E-state index is -0.470. The second-order valence-electron chi connectivity index (χ2n) is 6.29. The molecule has 2 aromatic heterocycles. The molecule has 28 heavy (non-hydrogen) atoms. The van der Waals surface area contributed by atoms with Crippen molar-refractivity contribution >= 4 is 11.4 Å². The molecule has 140 valence electrons. The molecule has 4 rings (SSSR count). The monoisotopic (exact) mass is 376 g/mol. The highest BCUT2D eigenvalue weighted by molar-refractivity contribution is 5.68. The lowest BCUT2D eigenvalue weighted by atomic mass is 10.1. The molecular weight excluding hydrogens is 360 g/mol. The van der Waals surface area contributed by atoms with Crippen LogP contribution < -0.4 is 5.73 Å². The topological polar surface area (TPSA) is 126 Å². The second-order valence-corrected chi connectivity index (χ2v) is 6.29. The summed E-state index contributed by atoms with van der Waals surface area (Å²) in [6.45, 7) is 2.33. The van der Waals surface area contributed by atoms with Crippen LogP contribution in [0.4, 0.5) is 11.4 Å². The van der Waals surface area contributed by atoms with Crippen LogP contribution in [0.25, 0.3) is 22.8 Å². The molecule has 0 unspecified atom stereocenters. The zero-order valence-electron chi connectivity index (χ0n) is 14.9. The van der Waals surface area contributed by atoms with Crippen molar-refractivity contribution in [2.24, 2.45) is 0 Å². The van der Waals surface area contributed by atoms with Crippen molar-refractivity contribution in [3.8, 4) is 22.8 Å². The Kier molecular flexibility index (Phi) is 4.32. The third-order valence-electron chi connectivity index (χ3n) is 4.42. The fourth-order valence-electron chi connectivity index (χ4n) is 2.82. The van der Waals surface area contributed by atoms with Crippen LogP contribution in [-0.4, -0.2) is 24.8 Å². The molecule has 9 nitrogen and oxygen atoms in total. The molecule has 2 heterocycles. The molecule has 2 N–H and O–H groups in total. The lowest BCUT2D eigenvalue weighted by Gasteiger charge is -2.03. The van der Waals surface area contributed by atoms with E-state index in [1.54, 1.807) is 0 Å². The predicted molar refractivity (Wildman–Crippen MR) is 102 cm³/mol. The van der Waals surface area contributed by atoms with Crippen LogP contribution >= 0.6 is 0 Å². The quantitative estimate of drug-likeness (QED) is 0.321. The summed E-state index contributed by atoms with van der Waals surface area (Å²) in [5.74, 6) is 0.880. The molecule has 0 radical (unpaired) electrons. The van der Waals surface area contributed by atoms with Gasteiger partial charge in [0.1, 0.15) is 12.4 Å². The van der Waals surface area contributed by atoms with Crippen molar-refractivity contribution in [2.45, 2.75) is 13.5 Å². The van der Waals surface area contributed by atoms with Crippen LogP contribution in [0.3, 0.4) is 0 Å². The van der Waals surface area contributed by atoms with Gasteiger partial charge >= 0.3 is 5.69 Å². The van der Waals surface area contributed by atoms with Crippen LogP contribution in [0.15, 0.2) is 59.4 Å². The molecule has 0 saturated carbocycles. The molecule has 0 atom stereocenters. The molecule has 2 aromatic carbocycles. The smallest absolute Gasteiger partial charge is 0.307 e. The Hall–Kier alpha value is -4.01. The van der Waals surface area contributed by atoms with Crippen LogP contribution in [-0.2, 0) is 6.54 Å². The minimum Gasteiger partial charge on any atom is -0.398 e. The zero-order chi connectivity index (χ0) is 19.7.